The maximum atomic E-state index is 15.3. The predicted molar refractivity (Wildman–Crippen MR) is 117 cm³/mol. The number of nitrogens with zero attached hydrogens (tertiary/aromatic N) is 1. The van der Waals surface area contributed by atoms with Crippen molar-refractivity contribution in [3.63, 3.8) is 0 Å². The molecule has 1 aliphatic heterocycles. The van der Waals surface area contributed by atoms with Crippen LogP contribution in [-0.4, -0.2) is 35.9 Å². The van der Waals surface area contributed by atoms with Gasteiger partial charge in [0.1, 0.15) is 5.75 Å². The van der Waals surface area contributed by atoms with E-state index >= 15 is 4.39 Å². The van der Waals surface area contributed by atoms with E-state index in [2.05, 4.69) is 0 Å². The van der Waals surface area contributed by atoms with E-state index < -0.39 is 35.0 Å². The minimum atomic E-state index is -1.05. The number of fused-ring (bicyclic) bond motifs is 4. The first-order valence-corrected chi connectivity index (χ1v) is 10.2. The van der Waals surface area contributed by atoms with E-state index in [9.17, 15) is 14.4 Å². The number of carbonyl (C=O) groups excluding carboxylic acids is 3. The van der Waals surface area contributed by atoms with Crippen LogP contribution >= 0.6 is 0 Å². The number of methoxy groups -OCH3 is 1. The molecule has 33 heavy (non-hydrogen) atoms. The van der Waals surface area contributed by atoms with E-state index in [0.29, 0.717) is 42.0 Å². The topological polar surface area (TPSA) is 110 Å². The maximum absolute atomic E-state index is 15.3. The maximum Gasteiger partial charge on any atom is 0.336 e. The van der Waals surface area contributed by atoms with Crippen molar-refractivity contribution in [2.24, 2.45) is 5.73 Å². The number of carbonyl (C=O) groups is 3. The first-order valence-electron chi connectivity index (χ1n) is 10.2. The molecular formula is C24H21FN2O6. The standard InChI is InChI=1S/C24H21FN2O6/c1-13-20(23(30)14-4-6-15(31-2)7-5-14)21-16(27(13)11-3-10-26)12-17-22(25)24(21)33-19(29)9-8-18(28)32-17/h4-9,12H,3,10-11,26H2,1-2H3/b9-8-. The second-order valence-corrected chi connectivity index (χ2v) is 7.40. The summed E-state index contributed by atoms with van der Waals surface area (Å²) in [5.41, 5.74) is 7.11. The van der Waals surface area contributed by atoms with Crippen LogP contribution < -0.4 is 19.9 Å². The monoisotopic (exact) mass is 452 g/mol. The molecule has 0 unspecified atom stereocenters. The number of hydrogen-bond acceptors (Lipinski definition) is 7. The van der Waals surface area contributed by atoms with E-state index in [-0.39, 0.29) is 10.9 Å². The lowest BCUT2D eigenvalue weighted by molar-refractivity contribution is -0.131. The number of aryl methyl sites for hydroxylation is 1. The van der Waals surface area contributed by atoms with Gasteiger partial charge >= 0.3 is 11.9 Å². The number of ketones is 1. The Morgan fingerprint density at radius 2 is 1.79 bits per heavy atom. The van der Waals surface area contributed by atoms with Gasteiger partial charge in [-0.3, -0.25) is 4.79 Å². The number of aromatic nitrogens is 1. The van der Waals surface area contributed by atoms with Crippen molar-refractivity contribution in [1.29, 1.82) is 0 Å². The summed E-state index contributed by atoms with van der Waals surface area (Å²) in [5, 5.41) is 0.117. The Kier molecular flexibility index (Phi) is 5.97. The molecule has 8 nitrogen and oxygen atoms in total. The molecule has 0 fully saturated rings. The molecule has 0 aliphatic carbocycles. The van der Waals surface area contributed by atoms with Gasteiger partial charge in [0, 0.05) is 36.0 Å². The van der Waals surface area contributed by atoms with Gasteiger partial charge < -0.3 is 24.5 Å². The SMILES string of the molecule is COc1ccc(C(=O)c2c(C)n(CCCN)c3cc4c(F)c(c23)OC(=O)/C=C\C(=O)O4)cc1. The Hall–Kier alpha value is -3.98. The fourth-order valence-electron chi connectivity index (χ4n) is 3.83. The first kappa shape index (κ1) is 22.2. The normalized spacial score (nSPS) is 14.2. The summed E-state index contributed by atoms with van der Waals surface area (Å²) in [6.07, 6.45) is 2.26. The van der Waals surface area contributed by atoms with Crippen LogP contribution in [0.1, 0.15) is 28.0 Å². The first-order chi connectivity index (χ1) is 15.8. The number of esters is 2. The molecule has 0 saturated carbocycles. The number of halogens is 1. The Morgan fingerprint density at radius 1 is 1.12 bits per heavy atom. The van der Waals surface area contributed by atoms with Gasteiger partial charge in [-0.25, -0.2) is 9.59 Å². The van der Waals surface area contributed by atoms with Crippen LogP contribution in [0.5, 0.6) is 17.2 Å². The largest absolute Gasteiger partial charge is 0.497 e. The summed E-state index contributed by atoms with van der Waals surface area (Å²) in [4.78, 5) is 37.7. The molecule has 2 N–H and O–H groups in total. The molecule has 0 spiro atoms. The van der Waals surface area contributed by atoms with Gasteiger partial charge in [0.05, 0.1) is 23.6 Å². The van der Waals surface area contributed by atoms with E-state index in [0.717, 1.165) is 12.2 Å². The van der Waals surface area contributed by atoms with Gasteiger partial charge in [-0.2, -0.15) is 4.39 Å². The zero-order valence-electron chi connectivity index (χ0n) is 18.0. The highest BCUT2D eigenvalue weighted by Gasteiger charge is 2.30. The summed E-state index contributed by atoms with van der Waals surface area (Å²) < 4.78 is 32.6. The molecule has 9 heteroatoms. The van der Waals surface area contributed by atoms with Crippen molar-refractivity contribution in [1.82, 2.24) is 4.57 Å². The Bertz CT molecular complexity index is 1310. The third-order valence-corrected chi connectivity index (χ3v) is 5.41. The fraction of sp³-hybridized carbons (Fsp3) is 0.208. The van der Waals surface area contributed by atoms with Crippen molar-refractivity contribution >= 4 is 28.6 Å². The molecule has 2 heterocycles. The fourth-order valence-corrected chi connectivity index (χ4v) is 3.83. The van der Waals surface area contributed by atoms with E-state index in [1.807, 2.05) is 0 Å². The third kappa shape index (κ3) is 3.98. The average molecular weight is 452 g/mol. The highest BCUT2D eigenvalue weighted by Crippen LogP contribution is 2.42. The average Bonchev–Trinajstić information content (AvgIpc) is 3.09. The van der Waals surface area contributed by atoms with Crippen molar-refractivity contribution in [3.8, 4) is 17.2 Å². The second kappa shape index (κ2) is 8.87. The van der Waals surface area contributed by atoms with Crippen LogP contribution in [0.4, 0.5) is 4.39 Å². The van der Waals surface area contributed by atoms with Gasteiger partial charge in [-0.05, 0) is 44.2 Å². The molecule has 0 atom stereocenters. The second-order valence-electron chi connectivity index (χ2n) is 7.40. The van der Waals surface area contributed by atoms with E-state index in [4.69, 9.17) is 19.9 Å². The highest BCUT2D eigenvalue weighted by molar-refractivity contribution is 6.19. The minimum absolute atomic E-state index is 0.117. The smallest absolute Gasteiger partial charge is 0.336 e. The Morgan fingerprint density at radius 3 is 2.42 bits per heavy atom. The zero-order valence-corrected chi connectivity index (χ0v) is 18.0. The van der Waals surface area contributed by atoms with Crippen molar-refractivity contribution in [2.75, 3.05) is 13.7 Å². The van der Waals surface area contributed by atoms with E-state index in [1.54, 1.807) is 35.8 Å². The lowest BCUT2D eigenvalue weighted by Crippen LogP contribution is -2.09. The van der Waals surface area contributed by atoms with Crippen molar-refractivity contribution < 1.29 is 33.0 Å². The van der Waals surface area contributed by atoms with E-state index in [1.165, 1.54) is 13.2 Å². The molecular weight excluding hydrogens is 431 g/mol. The molecule has 0 amide bonds. The minimum Gasteiger partial charge on any atom is -0.497 e. The highest BCUT2D eigenvalue weighted by atomic mass is 19.1. The van der Waals surface area contributed by atoms with Crippen LogP contribution in [-0.2, 0) is 16.1 Å². The lowest BCUT2D eigenvalue weighted by Gasteiger charge is -2.11. The number of benzene rings is 2. The molecule has 2 aromatic carbocycles. The molecule has 1 aliphatic rings. The lowest BCUT2D eigenvalue weighted by atomic mass is 9.99. The Labute approximate surface area is 188 Å². The molecule has 3 aromatic rings. The predicted octanol–water partition coefficient (Wildman–Crippen LogP) is 3.06. The van der Waals surface area contributed by atoms with Gasteiger partial charge in [0.15, 0.2) is 17.3 Å². The third-order valence-electron chi connectivity index (χ3n) is 5.41. The van der Waals surface area contributed by atoms with Gasteiger partial charge in [0.2, 0.25) is 5.82 Å². The zero-order chi connectivity index (χ0) is 23.7. The molecule has 0 saturated heterocycles. The van der Waals surface area contributed by atoms with Gasteiger partial charge in [-0.1, -0.05) is 0 Å². The van der Waals surface area contributed by atoms with Crippen molar-refractivity contribution in [2.45, 2.75) is 19.9 Å². The number of ether oxygens (including phenoxy) is 3. The number of rotatable bonds is 6. The van der Waals surface area contributed by atoms with Crippen LogP contribution in [0.3, 0.4) is 0 Å². The summed E-state index contributed by atoms with van der Waals surface area (Å²) in [6.45, 7) is 2.52. The molecule has 1 aromatic heterocycles. The summed E-state index contributed by atoms with van der Waals surface area (Å²) in [5.74, 6) is -3.64. The van der Waals surface area contributed by atoms with Crippen LogP contribution in [0.25, 0.3) is 10.9 Å². The van der Waals surface area contributed by atoms with Gasteiger partial charge in [0.25, 0.3) is 0 Å². The van der Waals surface area contributed by atoms with Gasteiger partial charge in [-0.15, -0.1) is 0 Å². The van der Waals surface area contributed by atoms with Crippen molar-refractivity contribution in [3.05, 3.63) is 65.1 Å². The quantitative estimate of drug-likeness (QED) is 0.348. The molecule has 170 valence electrons. The van der Waals surface area contributed by atoms with Crippen LogP contribution in [0.15, 0.2) is 42.5 Å². The molecule has 2 bridgehead atoms. The molecule has 4 rings (SSSR count). The number of nitrogens with two attached hydrogens (primary N) is 1. The van der Waals surface area contributed by atoms with Crippen LogP contribution in [0, 0.1) is 12.7 Å². The summed E-state index contributed by atoms with van der Waals surface area (Å²) in [6, 6.07) is 7.80. The number of hydrogen-bond donors (Lipinski definition) is 1. The summed E-state index contributed by atoms with van der Waals surface area (Å²) >= 11 is 0. The molecule has 0 radical (unpaired) electrons. The Balaban J connectivity index is 2.02. The summed E-state index contributed by atoms with van der Waals surface area (Å²) in [7, 11) is 1.51. The van der Waals surface area contributed by atoms with Crippen LogP contribution in [0.2, 0.25) is 0 Å².